The number of hydrogen-bond acceptors (Lipinski definition) is 5. The van der Waals surface area contributed by atoms with Gasteiger partial charge >= 0.3 is 6.61 Å². The second-order valence-corrected chi connectivity index (χ2v) is 4.26. The number of rotatable bonds is 4. The van der Waals surface area contributed by atoms with Crippen LogP contribution in [0.1, 0.15) is 16.8 Å². The standard InChI is InChI=1S/C12H12F2N4O4/c13-11(14)22-9-5-2-1-4-8(9)10(19)17-7-3-6-15-12(17)16-18(20)21/h1-2,4-5,11H,3,6-7H2,(H,15,16). The first-order valence-corrected chi connectivity index (χ1v) is 6.30. The van der Waals surface area contributed by atoms with E-state index in [0.717, 1.165) is 4.90 Å². The maximum Gasteiger partial charge on any atom is 0.387 e. The SMILES string of the molecule is O=C(c1ccccc1OC(F)F)N1CCCN=C1N[N+](=O)[O-]. The maximum absolute atomic E-state index is 12.5. The van der Waals surface area contributed by atoms with Gasteiger partial charge in [0.25, 0.3) is 11.9 Å². The minimum Gasteiger partial charge on any atom is -0.434 e. The summed E-state index contributed by atoms with van der Waals surface area (Å²) in [6, 6.07) is 5.45. The van der Waals surface area contributed by atoms with Crippen LogP contribution in [-0.4, -0.2) is 41.5 Å². The van der Waals surface area contributed by atoms with Gasteiger partial charge in [-0.25, -0.2) is 15.1 Å². The molecule has 1 heterocycles. The highest BCUT2D eigenvalue weighted by molar-refractivity contribution is 6.07. The average Bonchev–Trinajstić information content (AvgIpc) is 2.46. The Kier molecular flexibility index (Phi) is 4.81. The Morgan fingerprint density at radius 2 is 2.18 bits per heavy atom. The smallest absolute Gasteiger partial charge is 0.387 e. The van der Waals surface area contributed by atoms with Crippen molar-refractivity contribution in [1.82, 2.24) is 10.3 Å². The summed E-state index contributed by atoms with van der Waals surface area (Å²) in [5.74, 6) is -1.23. The summed E-state index contributed by atoms with van der Waals surface area (Å²) in [7, 11) is 0. The molecule has 0 fully saturated rings. The number of para-hydroxylation sites is 1. The zero-order valence-corrected chi connectivity index (χ0v) is 11.2. The summed E-state index contributed by atoms with van der Waals surface area (Å²) < 4.78 is 29.1. The summed E-state index contributed by atoms with van der Waals surface area (Å²) >= 11 is 0. The predicted molar refractivity (Wildman–Crippen MR) is 71.2 cm³/mol. The molecule has 1 aromatic carbocycles. The Morgan fingerprint density at radius 1 is 1.45 bits per heavy atom. The van der Waals surface area contributed by atoms with E-state index in [1.54, 1.807) is 0 Å². The van der Waals surface area contributed by atoms with Crippen LogP contribution in [0.4, 0.5) is 8.78 Å². The molecule has 22 heavy (non-hydrogen) atoms. The minimum absolute atomic E-state index is 0.123. The minimum atomic E-state index is -3.08. The van der Waals surface area contributed by atoms with Gasteiger partial charge in [0, 0.05) is 13.1 Å². The summed E-state index contributed by atoms with van der Waals surface area (Å²) in [4.78, 5) is 27.9. The molecule has 0 unspecified atom stereocenters. The number of guanidine groups is 1. The van der Waals surface area contributed by atoms with Gasteiger partial charge in [-0.15, -0.1) is 0 Å². The van der Waals surface area contributed by atoms with Crippen molar-refractivity contribution in [3.05, 3.63) is 39.9 Å². The van der Waals surface area contributed by atoms with Crippen LogP contribution in [0.3, 0.4) is 0 Å². The highest BCUT2D eigenvalue weighted by atomic mass is 19.3. The first-order valence-electron chi connectivity index (χ1n) is 6.30. The second kappa shape index (κ2) is 6.78. The molecule has 1 aliphatic heterocycles. The fourth-order valence-electron chi connectivity index (χ4n) is 1.97. The Hall–Kier alpha value is -2.78. The lowest BCUT2D eigenvalue weighted by atomic mass is 10.1. The van der Waals surface area contributed by atoms with E-state index in [9.17, 15) is 23.7 Å². The molecule has 0 saturated heterocycles. The van der Waals surface area contributed by atoms with Gasteiger partial charge in [-0.05, 0) is 18.6 Å². The maximum atomic E-state index is 12.5. The van der Waals surface area contributed by atoms with Gasteiger partial charge in [0.1, 0.15) is 5.75 Å². The highest BCUT2D eigenvalue weighted by Crippen LogP contribution is 2.22. The second-order valence-electron chi connectivity index (χ2n) is 4.26. The van der Waals surface area contributed by atoms with E-state index in [2.05, 4.69) is 9.73 Å². The van der Waals surface area contributed by atoms with Crippen LogP contribution in [0.15, 0.2) is 29.3 Å². The molecule has 0 spiro atoms. The van der Waals surface area contributed by atoms with Crippen LogP contribution in [-0.2, 0) is 0 Å². The molecular weight excluding hydrogens is 302 g/mol. The van der Waals surface area contributed by atoms with Crippen LogP contribution >= 0.6 is 0 Å². The fraction of sp³-hybridized carbons (Fsp3) is 0.333. The molecule has 1 aromatic rings. The lowest BCUT2D eigenvalue weighted by molar-refractivity contribution is -0.526. The number of hydrazine groups is 1. The number of benzene rings is 1. The quantitative estimate of drug-likeness (QED) is 0.667. The van der Waals surface area contributed by atoms with Crippen molar-refractivity contribution in [3.63, 3.8) is 0 Å². The highest BCUT2D eigenvalue weighted by Gasteiger charge is 2.28. The number of nitrogens with zero attached hydrogens (tertiary/aromatic N) is 3. The van der Waals surface area contributed by atoms with E-state index < -0.39 is 17.6 Å². The number of aliphatic imine (C=N–C) groups is 1. The molecule has 0 aliphatic carbocycles. The van der Waals surface area contributed by atoms with Gasteiger partial charge < -0.3 is 4.74 Å². The molecule has 1 aliphatic rings. The molecular formula is C12H12F2N4O4. The third-order valence-corrected chi connectivity index (χ3v) is 2.83. The molecule has 0 saturated carbocycles. The number of hydrogen-bond donors (Lipinski definition) is 1. The largest absolute Gasteiger partial charge is 0.434 e. The van der Waals surface area contributed by atoms with Crippen molar-refractivity contribution in [3.8, 4) is 5.75 Å². The number of halogens is 2. The molecule has 1 N–H and O–H groups in total. The van der Waals surface area contributed by atoms with Crippen molar-refractivity contribution in [2.45, 2.75) is 13.0 Å². The lowest BCUT2D eigenvalue weighted by Gasteiger charge is -2.25. The number of nitrogens with one attached hydrogen (secondary N) is 1. The van der Waals surface area contributed by atoms with Gasteiger partial charge in [0.05, 0.1) is 5.56 Å². The number of alkyl halides is 2. The van der Waals surface area contributed by atoms with Gasteiger partial charge in [0.15, 0.2) is 5.03 Å². The first-order chi connectivity index (χ1) is 10.5. The van der Waals surface area contributed by atoms with E-state index >= 15 is 0 Å². The Bertz CT molecular complexity index is 609. The van der Waals surface area contributed by atoms with Crippen LogP contribution in [0.2, 0.25) is 0 Å². The van der Waals surface area contributed by atoms with Gasteiger partial charge in [-0.3, -0.25) is 9.69 Å². The molecule has 0 atom stereocenters. The topological polar surface area (TPSA) is 97.1 Å². The van der Waals surface area contributed by atoms with Crippen LogP contribution in [0.25, 0.3) is 0 Å². The molecule has 118 valence electrons. The Morgan fingerprint density at radius 3 is 2.86 bits per heavy atom. The predicted octanol–water partition coefficient (Wildman–Crippen LogP) is 1.27. The van der Waals surface area contributed by atoms with E-state index in [-0.39, 0.29) is 23.8 Å². The zero-order valence-electron chi connectivity index (χ0n) is 11.2. The number of ether oxygens (including phenoxy) is 1. The van der Waals surface area contributed by atoms with E-state index in [1.807, 2.05) is 5.43 Å². The molecule has 0 bridgehead atoms. The normalized spacial score (nSPS) is 14.5. The number of carbonyl (C=O) groups excluding carboxylic acids is 1. The van der Waals surface area contributed by atoms with E-state index in [4.69, 9.17) is 0 Å². The molecule has 0 radical (unpaired) electrons. The van der Waals surface area contributed by atoms with Crippen LogP contribution < -0.4 is 10.2 Å². The van der Waals surface area contributed by atoms with E-state index in [1.165, 1.54) is 24.3 Å². The zero-order chi connectivity index (χ0) is 16.1. The summed E-state index contributed by atoms with van der Waals surface area (Å²) in [6.45, 7) is -2.57. The fourth-order valence-corrected chi connectivity index (χ4v) is 1.97. The molecule has 1 amide bonds. The van der Waals surface area contributed by atoms with Crippen molar-refractivity contribution in [2.24, 2.45) is 4.99 Å². The van der Waals surface area contributed by atoms with Gasteiger partial charge in [-0.1, -0.05) is 17.6 Å². The summed E-state index contributed by atoms with van der Waals surface area (Å²) in [6.07, 6.45) is 0.506. The Labute approximate surface area is 123 Å². The van der Waals surface area contributed by atoms with Crippen molar-refractivity contribution < 1.29 is 23.3 Å². The van der Waals surface area contributed by atoms with Crippen molar-refractivity contribution in [1.29, 1.82) is 0 Å². The first kappa shape index (κ1) is 15.6. The monoisotopic (exact) mass is 314 g/mol. The number of carbonyl (C=O) groups is 1. The Balaban J connectivity index is 2.28. The molecule has 2 rings (SSSR count). The average molecular weight is 314 g/mol. The third kappa shape index (κ3) is 3.65. The number of amides is 1. The van der Waals surface area contributed by atoms with Crippen molar-refractivity contribution in [2.75, 3.05) is 13.1 Å². The number of nitro groups is 1. The summed E-state index contributed by atoms with van der Waals surface area (Å²) in [5, 5.41) is 9.70. The van der Waals surface area contributed by atoms with E-state index in [0.29, 0.717) is 13.0 Å². The van der Waals surface area contributed by atoms with Gasteiger partial charge in [0.2, 0.25) is 0 Å². The third-order valence-electron chi connectivity index (χ3n) is 2.83. The van der Waals surface area contributed by atoms with Crippen molar-refractivity contribution >= 4 is 11.9 Å². The summed E-state index contributed by atoms with van der Waals surface area (Å²) in [5.41, 5.74) is 1.71. The van der Waals surface area contributed by atoms with Gasteiger partial charge in [-0.2, -0.15) is 8.78 Å². The van der Waals surface area contributed by atoms with Crippen LogP contribution in [0.5, 0.6) is 5.75 Å². The van der Waals surface area contributed by atoms with Crippen LogP contribution in [0, 0.1) is 10.1 Å². The molecule has 8 nitrogen and oxygen atoms in total. The molecule has 10 heteroatoms. The molecule has 0 aromatic heterocycles. The lowest BCUT2D eigenvalue weighted by Crippen LogP contribution is -2.49.